The fourth-order valence-electron chi connectivity index (χ4n) is 1.53. The average Bonchev–Trinajstić information content (AvgIpc) is 2.30. The highest BCUT2D eigenvalue weighted by Crippen LogP contribution is 2.25. The van der Waals surface area contributed by atoms with Gasteiger partial charge in [-0.25, -0.2) is 8.42 Å². The van der Waals surface area contributed by atoms with E-state index < -0.39 is 14.9 Å². The molecule has 0 N–H and O–H groups in total. The second-order valence-corrected chi connectivity index (χ2v) is 5.22. The van der Waals surface area contributed by atoms with Crippen LogP contribution in [0.4, 0.5) is 5.69 Å². The molecule has 0 aliphatic rings. The second-order valence-electron chi connectivity index (χ2n) is 3.31. The Labute approximate surface area is 100 Å². The van der Waals surface area contributed by atoms with Crippen LogP contribution in [-0.2, 0) is 10.0 Å². The van der Waals surface area contributed by atoms with Gasteiger partial charge >= 0.3 is 0 Å². The number of hydrogen-bond donors (Lipinski definition) is 0. The molecule has 0 aromatic heterocycles. The second kappa shape index (κ2) is 5.24. The van der Waals surface area contributed by atoms with Crippen LogP contribution in [0.1, 0.15) is 13.8 Å². The van der Waals surface area contributed by atoms with Gasteiger partial charge in [-0.15, -0.1) is 0 Å². The van der Waals surface area contributed by atoms with Crippen LogP contribution in [0.2, 0.25) is 0 Å². The summed E-state index contributed by atoms with van der Waals surface area (Å²) in [6.07, 6.45) is 0. The Morgan fingerprint density at radius 1 is 1.24 bits per heavy atom. The Kier molecular flexibility index (Phi) is 4.19. The molecular weight excluding hydrogens is 244 g/mol. The van der Waals surface area contributed by atoms with Crippen molar-refractivity contribution in [1.29, 1.82) is 0 Å². The number of rotatable bonds is 5. The Morgan fingerprint density at radius 3 is 2.24 bits per heavy atom. The van der Waals surface area contributed by atoms with E-state index in [9.17, 15) is 18.5 Å². The minimum absolute atomic E-state index is 0.256. The van der Waals surface area contributed by atoms with E-state index >= 15 is 0 Å². The predicted octanol–water partition coefficient (Wildman–Crippen LogP) is 1.63. The molecule has 0 unspecified atom stereocenters. The normalized spacial score (nSPS) is 11.7. The lowest BCUT2D eigenvalue weighted by atomic mass is 10.3. The zero-order valence-corrected chi connectivity index (χ0v) is 10.5. The van der Waals surface area contributed by atoms with Crippen LogP contribution >= 0.6 is 0 Å². The van der Waals surface area contributed by atoms with E-state index in [1.165, 1.54) is 28.6 Å². The number of nitro benzene ring substituents is 1. The van der Waals surface area contributed by atoms with Crippen molar-refractivity contribution in [1.82, 2.24) is 4.31 Å². The summed E-state index contributed by atoms with van der Waals surface area (Å²) in [4.78, 5) is 9.85. The minimum Gasteiger partial charge on any atom is -0.258 e. The summed E-state index contributed by atoms with van der Waals surface area (Å²) in [6, 6.07) is 5.37. The molecule has 0 radical (unpaired) electrons. The average molecular weight is 258 g/mol. The lowest BCUT2D eigenvalue weighted by Crippen LogP contribution is -2.31. The summed E-state index contributed by atoms with van der Waals surface area (Å²) in [5.41, 5.74) is -0.389. The fraction of sp³-hybridized carbons (Fsp3) is 0.400. The highest BCUT2D eigenvalue weighted by Gasteiger charge is 2.29. The zero-order chi connectivity index (χ0) is 13.1. The van der Waals surface area contributed by atoms with Crippen molar-refractivity contribution in [2.75, 3.05) is 13.1 Å². The first-order valence-corrected chi connectivity index (χ1v) is 6.62. The van der Waals surface area contributed by atoms with Crippen LogP contribution in [-0.4, -0.2) is 30.7 Å². The molecule has 0 aliphatic heterocycles. The van der Waals surface area contributed by atoms with Gasteiger partial charge in [0.25, 0.3) is 5.69 Å². The predicted molar refractivity (Wildman–Crippen MR) is 63.2 cm³/mol. The first-order chi connectivity index (χ1) is 7.95. The van der Waals surface area contributed by atoms with E-state index in [2.05, 4.69) is 0 Å². The van der Waals surface area contributed by atoms with Crippen molar-refractivity contribution in [2.45, 2.75) is 18.7 Å². The van der Waals surface area contributed by atoms with Gasteiger partial charge in [0.1, 0.15) is 0 Å². The van der Waals surface area contributed by atoms with E-state index in [1.807, 2.05) is 0 Å². The molecule has 0 fully saturated rings. The first-order valence-electron chi connectivity index (χ1n) is 5.18. The Hall–Kier alpha value is -1.47. The maximum atomic E-state index is 12.1. The van der Waals surface area contributed by atoms with E-state index in [4.69, 9.17) is 0 Å². The molecule has 6 nitrogen and oxygen atoms in total. The molecule has 0 spiro atoms. The van der Waals surface area contributed by atoms with Gasteiger partial charge in [-0.1, -0.05) is 26.0 Å². The van der Waals surface area contributed by atoms with Gasteiger partial charge < -0.3 is 0 Å². The van der Waals surface area contributed by atoms with Gasteiger partial charge in [0, 0.05) is 19.2 Å². The molecule has 1 aromatic rings. The molecule has 0 saturated carbocycles. The first kappa shape index (κ1) is 13.6. The van der Waals surface area contributed by atoms with Crippen molar-refractivity contribution in [2.24, 2.45) is 0 Å². The number of sulfonamides is 1. The van der Waals surface area contributed by atoms with Crippen molar-refractivity contribution in [3.05, 3.63) is 34.4 Å². The SMILES string of the molecule is CCN(CC)S(=O)(=O)c1ccccc1[N+](=O)[O-]. The van der Waals surface area contributed by atoms with Gasteiger partial charge in [0.15, 0.2) is 4.90 Å². The summed E-state index contributed by atoms with van der Waals surface area (Å²) < 4.78 is 25.5. The molecule has 1 aromatic carbocycles. The maximum absolute atomic E-state index is 12.1. The Morgan fingerprint density at radius 2 is 1.76 bits per heavy atom. The topological polar surface area (TPSA) is 80.5 Å². The third kappa shape index (κ3) is 2.62. The fourth-order valence-corrected chi connectivity index (χ4v) is 3.14. The van der Waals surface area contributed by atoms with Crippen molar-refractivity contribution in [3.63, 3.8) is 0 Å². The molecule has 0 saturated heterocycles. The Bertz CT molecular complexity index is 509. The molecule has 0 amide bonds. The number of hydrogen-bond acceptors (Lipinski definition) is 4. The molecule has 94 valence electrons. The van der Waals surface area contributed by atoms with Crippen LogP contribution in [0.15, 0.2) is 29.2 Å². The zero-order valence-electron chi connectivity index (χ0n) is 9.66. The number of nitro groups is 1. The van der Waals surface area contributed by atoms with Gasteiger partial charge in [0.05, 0.1) is 4.92 Å². The summed E-state index contributed by atoms with van der Waals surface area (Å²) in [5, 5.41) is 10.8. The van der Waals surface area contributed by atoms with Crippen molar-refractivity contribution >= 4 is 15.7 Å². The number of nitrogens with zero attached hydrogens (tertiary/aromatic N) is 2. The smallest absolute Gasteiger partial charge is 0.258 e. The van der Waals surface area contributed by atoms with Gasteiger partial charge in [-0.2, -0.15) is 4.31 Å². The van der Waals surface area contributed by atoms with E-state index in [0.29, 0.717) is 0 Å². The highest BCUT2D eigenvalue weighted by atomic mass is 32.2. The Balaban J connectivity index is 3.38. The lowest BCUT2D eigenvalue weighted by Gasteiger charge is -2.18. The van der Waals surface area contributed by atoms with Gasteiger partial charge in [0.2, 0.25) is 10.0 Å². The van der Waals surface area contributed by atoms with E-state index in [1.54, 1.807) is 13.8 Å². The number of benzene rings is 1. The van der Waals surface area contributed by atoms with Crippen molar-refractivity contribution in [3.8, 4) is 0 Å². The van der Waals surface area contributed by atoms with Crippen LogP contribution in [0.3, 0.4) is 0 Å². The monoisotopic (exact) mass is 258 g/mol. The van der Waals surface area contributed by atoms with E-state index in [0.717, 1.165) is 0 Å². The summed E-state index contributed by atoms with van der Waals surface area (Å²) in [6.45, 7) is 3.95. The molecule has 17 heavy (non-hydrogen) atoms. The van der Waals surface area contributed by atoms with Gasteiger partial charge in [-0.3, -0.25) is 10.1 Å². The highest BCUT2D eigenvalue weighted by molar-refractivity contribution is 7.89. The van der Waals surface area contributed by atoms with E-state index in [-0.39, 0.29) is 23.7 Å². The molecule has 7 heteroatoms. The minimum atomic E-state index is -3.79. The maximum Gasteiger partial charge on any atom is 0.289 e. The number of para-hydroxylation sites is 1. The van der Waals surface area contributed by atoms with Crippen LogP contribution in [0.25, 0.3) is 0 Å². The standard InChI is InChI=1S/C10H14N2O4S/c1-3-11(4-2)17(15,16)10-8-6-5-7-9(10)12(13)14/h5-8H,3-4H2,1-2H3. The summed E-state index contributed by atoms with van der Waals surface area (Å²) in [7, 11) is -3.79. The van der Waals surface area contributed by atoms with Crippen LogP contribution < -0.4 is 0 Å². The lowest BCUT2D eigenvalue weighted by molar-refractivity contribution is -0.387. The largest absolute Gasteiger partial charge is 0.289 e. The van der Waals surface area contributed by atoms with Crippen LogP contribution in [0, 0.1) is 10.1 Å². The molecule has 1 rings (SSSR count). The quantitative estimate of drug-likeness (QED) is 0.593. The molecular formula is C10H14N2O4S. The van der Waals surface area contributed by atoms with Crippen LogP contribution in [0.5, 0.6) is 0 Å². The summed E-state index contributed by atoms with van der Waals surface area (Å²) in [5.74, 6) is 0. The van der Waals surface area contributed by atoms with Gasteiger partial charge in [-0.05, 0) is 6.07 Å². The molecule has 0 aliphatic carbocycles. The summed E-state index contributed by atoms with van der Waals surface area (Å²) >= 11 is 0. The molecule has 0 atom stereocenters. The molecule has 0 heterocycles. The third-order valence-corrected chi connectivity index (χ3v) is 4.48. The van der Waals surface area contributed by atoms with Crippen molar-refractivity contribution < 1.29 is 13.3 Å². The third-order valence-electron chi connectivity index (χ3n) is 2.39. The molecule has 0 bridgehead atoms.